The maximum absolute atomic E-state index is 9.79. The lowest BCUT2D eigenvalue weighted by Gasteiger charge is -2.36. The van der Waals surface area contributed by atoms with Crippen LogP contribution >= 0.6 is 0 Å². The Morgan fingerprint density at radius 3 is 2.30 bits per heavy atom. The lowest BCUT2D eigenvalue weighted by Crippen LogP contribution is -2.46. The predicted molar refractivity (Wildman–Crippen MR) is 127 cm³/mol. The molecule has 1 N–H and O–H groups in total. The van der Waals surface area contributed by atoms with E-state index in [4.69, 9.17) is 23.9 Å². The monoisotopic (exact) mass is 448 g/mol. The highest BCUT2D eigenvalue weighted by Crippen LogP contribution is 2.39. The van der Waals surface area contributed by atoms with Gasteiger partial charge in [0.05, 0.1) is 45.7 Å². The van der Waals surface area contributed by atoms with Crippen LogP contribution in [0.3, 0.4) is 0 Å². The second-order valence-corrected chi connectivity index (χ2v) is 7.82. The number of benzene rings is 2. The fourth-order valence-electron chi connectivity index (χ4n) is 4.39. The maximum atomic E-state index is 9.79. The van der Waals surface area contributed by atoms with Gasteiger partial charge in [0, 0.05) is 36.0 Å². The molecule has 1 fully saturated rings. The number of rotatable bonds is 6. The van der Waals surface area contributed by atoms with Gasteiger partial charge in [0.1, 0.15) is 23.4 Å². The minimum absolute atomic E-state index is 0.0109. The third-order valence-corrected chi connectivity index (χ3v) is 6.07. The highest BCUT2D eigenvalue weighted by atomic mass is 16.5. The number of aryl methyl sites for hydroxylation is 1. The van der Waals surface area contributed by atoms with Gasteiger partial charge in [0.15, 0.2) is 11.5 Å². The van der Waals surface area contributed by atoms with Crippen LogP contribution in [0.2, 0.25) is 0 Å². The average Bonchev–Trinajstić information content (AvgIpc) is 2.87. The topological polar surface area (TPSA) is 88.9 Å². The number of nitrogens with zero attached hydrogens (tertiary/aromatic N) is 3. The van der Waals surface area contributed by atoms with Crippen LogP contribution in [0.4, 0.5) is 5.82 Å². The summed E-state index contributed by atoms with van der Waals surface area (Å²) >= 11 is 0. The number of fused-ring (bicyclic) bond motifs is 1. The molecule has 0 saturated carbocycles. The first-order valence-electron chi connectivity index (χ1n) is 10.7. The fourth-order valence-corrected chi connectivity index (χ4v) is 4.39. The fraction of sp³-hybridized carbons (Fsp3) is 0.360. The number of anilines is 1. The van der Waals surface area contributed by atoms with Crippen molar-refractivity contribution in [3.8, 4) is 29.1 Å². The summed E-state index contributed by atoms with van der Waals surface area (Å²) in [7, 11) is 6.52. The van der Waals surface area contributed by atoms with E-state index in [-0.39, 0.29) is 6.04 Å². The predicted octanol–water partition coefficient (Wildman–Crippen LogP) is 3.60. The van der Waals surface area contributed by atoms with Crippen molar-refractivity contribution in [3.05, 3.63) is 47.2 Å². The zero-order valence-electron chi connectivity index (χ0n) is 19.6. The second kappa shape index (κ2) is 9.43. The third-order valence-electron chi connectivity index (χ3n) is 6.07. The first-order valence-corrected chi connectivity index (χ1v) is 10.7. The first kappa shape index (κ1) is 22.5. The van der Waals surface area contributed by atoms with Crippen LogP contribution in [0.1, 0.15) is 22.9 Å². The Morgan fingerprint density at radius 1 is 0.970 bits per heavy atom. The Morgan fingerprint density at radius 2 is 1.67 bits per heavy atom. The third kappa shape index (κ3) is 4.08. The average molecular weight is 449 g/mol. The van der Waals surface area contributed by atoms with Gasteiger partial charge >= 0.3 is 0 Å². The van der Waals surface area contributed by atoms with E-state index in [1.54, 1.807) is 28.4 Å². The number of hydrogen-bond donors (Lipinski definition) is 1. The molecule has 1 atom stereocenters. The molecular formula is C25H28N4O4. The SMILES string of the molecule is COc1ccc(OC)c(C2CN(c3nc(C)c(C#N)c4cc(OC)c(OC)cc34)CCN2)c1. The molecule has 0 spiro atoms. The molecular weight excluding hydrogens is 420 g/mol. The van der Waals surface area contributed by atoms with Crippen molar-refractivity contribution in [2.24, 2.45) is 0 Å². The summed E-state index contributed by atoms with van der Waals surface area (Å²) in [5.41, 5.74) is 2.24. The number of nitriles is 1. The highest BCUT2D eigenvalue weighted by Gasteiger charge is 2.27. The standard InChI is InChI=1S/C25H28N4O4/c1-15-20(13-26)17-11-23(32-4)24(33-5)12-18(17)25(28-15)29-9-8-27-21(14-29)19-10-16(30-2)6-7-22(19)31-3/h6-7,10-12,21,27H,8-9,14H2,1-5H3. The quantitative estimate of drug-likeness (QED) is 0.612. The summed E-state index contributed by atoms with van der Waals surface area (Å²) in [5, 5.41) is 15.0. The largest absolute Gasteiger partial charge is 0.497 e. The number of pyridine rings is 1. The van der Waals surface area contributed by atoms with E-state index in [0.717, 1.165) is 46.7 Å². The molecule has 1 saturated heterocycles. The molecule has 172 valence electrons. The van der Waals surface area contributed by atoms with Crippen LogP contribution in [-0.4, -0.2) is 53.1 Å². The van der Waals surface area contributed by atoms with E-state index in [0.29, 0.717) is 29.3 Å². The van der Waals surface area contributed by atoms with Crippen molar-refractivity contribution in [1.29, 1.82) is 5.26 Å². The number of methoxy groups -OCH3 is 4. The molecule has 3 aromatic rings. The van der Waals surface area contributed by atoms with Gasteiger partial charge in [0.2, 0.25) is 0 Å². The van der Waals surface area contributed by atoms with E-state index in [9.17, 15) is 5.26 Å². The smallest absolute Gasteiger partial charge is 0.161 e. The van der Waals surface area contributed by atoms with Crippen LogP contribution in [0.5, 0.6) is 23.0 Å². The van der Waals surface area contributed by atoms with Crippen LogP contribution in [0, 0.1) is 18.3 Å². The van der Waals surface area contributed by atoms with E-state index in [2.05, 4.69) is 16.3 Å². The molecule has 1 aliphatic heterocycles. The van der Waals surface area contributed by atoms with Crippen molar-refractivity contribution < 1.29 is 18.9 Å². The van der Waals surface area contributed by atoms with Gasteiger partial charge in [-0.3, -0.25) is 0 Å². The van der Waals surface area contributed by atoms with Crippen LogP contribution in [0.15, 0.2) is 30.3 Å². The minimum Gasteiger partial charge on any atom is -0.497 e. The summed E-state index contributed by atoms with van der Waals surface area (Å²) in [5.74, 6) is 3.57. The second-order valence-electron chi connectivity index (χ2n) is 7.82. The van der Waals surface area contributed by atoms with Crippen molar-refractivity contribution in [2.75, 3.05) is 53.0 Å². The van der Waals surface area contributed by atoms with Gasteiger partial charge in [-0.2, -0.15) is 5.26 Å². The van der Waals surface area contributed by atoms with Crippen LogP contribution in [-0.2, 0) is 0 Å². The summed E-state index contributed by atoms with van der Waals surface area (Å²) in [6.45, 7) is 4.07. The lowest BCUT2D eigenvalue weighted by molar-refractivity contribution is 0.356. The molecule has 33 heavy (non-hydrogen) atoms. The molecule has 0 radical (unpaired) electrons. The van der Waals surface area contributed by atoms with Crippen LogP contribution < -0.4 is 29.2 Å². The van der Waals surface area contributed by atoms with Gasteiger partial charge < -0.3 is 29.2 Å². The highest BCUT2D eigenvalue weighted by molar-refractivity contribution is 5.98. The van der Waals surface area contributed by atoms with Crippen molar-refractivity contribution in [2.45, 2.75) is 13.0 Å². The van der Waals surface area contributed by atoms with Gasteiger partial charge in [-0.05, 0) is 37.3 Å². The maximum Gasteiger partial charge on any atom is 0.161 e. The molecule has 0 aliphatic carbocycles. The summed E-state index contributed by atoms with van der Waals surface area (Å²) in [6, 6.07) is 11.9. The molecule has 1 unspecified atom stereocenters. The Hall–Kier alpha value is -3.70. The van der Waals surface area contributed by atoms with Crippen LogP contribution in [0.25, 0.3) is 10.8 Å². The Kier molecular flexibility index (Phi) is 6.43. The van der Waals surface area contributed by atoms with Crippen molar-refractivity contribution in [3.63, 3.8) is 0 Å². The summed E-state index contributed by atoms with van der Waals surface area (Å²) in [6.07, 6.45) is 0. The minimum atomic E-state index is 0.0109. The van der Waals surface area contributed by atoms with Crippen molar-refractivity contribution >= 4 is 16.6 Å². The normalized spacial score (nSPS) is 15.8. The number of aromatic nitrogens is 1. The zero-order valence-corrected chi connectivity index (χ0v) is 19.6. The van der Waals surface area contributed by atoms with Crippen molar-refractivity contribution in [1.82, 2.24) is 10.3 Å². The first-order chi connectivity index (χ1) is 16.0. The van der Waals surface area contributed by atoms with E-state index in [1.807, 2.05) is 37.3 Å². The summed E-state index contributed by atoms with van der Waals surface area (Å²) < 4.78 is 22.1. The van der Waals surface area contributed by atoms with E-state index >= 15 is 0 Å². The molecule has 1 aromatic heterocycles. The Labute approximate surface area is 193 Å². The zero-order chi connectivity index (χ0) is 23.5. The molecule has 2 heterocycles. The Balaban J connectivity index is 1.82. The molecule has 0 amide bonds. The van der Waals surface area contributed by atoms with Gasteiger partial charge in [-0.1, -0.05) is 0 Å². The number of nitrogens with one attached hydrogen (secondary N) is 1. The number of ether oxygens (including phenoxy) is 4. The molecule has 8 heteroatoms. The number of piperazine rings is 1. The molecule has 2 aromatic carbocycles. The molecule has 0 bridgehead atoms. The van der Waals surface area contributed by atoms with E-state index in [1.165, 1.54) is 0 Å². The van der Waals surface area contributed by atoms with Gasteiger partial charge in [0.25, 0.3) is 0 Å². The Bertz CT molecular complexity index is 1220. The lowest BCUT2D eigenvalue weighted by atomic mass is 10.0. The number of hydrogen-bond acceptors (Lipinski definition) is 8. The molecule has 8 nitrogen and oxygen atoms in total. The summed E-state index contributed by atoms with van der Waals surface area (Å²) in [4.78, 5) is 7.09. The van der Waals surface area contributed by atoms with Gasteiger partial charge in [-0.25, -0.2) is 4.98 Å². The molecule has 1 aliphatic rings. The van der Waals surface area contributed by atoms with Gasteiger partial charge in [-0.15, -0.1) is 0 Å². The van der Waals surface area contributed by atoms with E-state index < -0.39 is 0 Å². The molecule has 4 rings (SSSR count).